The van der Waals surface area contributed by atoms with E-state index in [9.17, 15) is 9.50 Å². The monoisotopic (exact) mass is 374 g/mol. The second-order valence-electron chi connectivity index (χ2n) is 6.75. The molecular weight excluding hydrogens is 347 g/mol. The highest BCUT2D eigenvalue weighted by molar-refractivity contribution is 5.51. The summed E-state index contributed by atoms with van der Waals surface area (Å²) in [6.45, 7) is 4.48. The summed E-state index contributed by atoms with van der Waals surface area (Å²) in [6, 6.07) is 14.6. The number of anilines is 1. The van der Waals surface area contributed by atoms with Crippen LogP contribution in [0.2, 0.25) is 0 Å². The third kappa shape index (κ3) is 5.66. The van der Waals surface area contributed by atoms with Crippen molar-refractivity contribution in [2.24, 2.45) is 0 Å². The molecule has 0 bridgehead atoms. The van der Waals surface area contributed by atoms with Gasteiger partial charge in [-0.15, -0.1) is 0 Å². The molecule has 1 N–H and O–H groups in total. The van der Waals surface area contributed by atoms with Gasteiger partial charge in [0.2, 0.25) is 0 Å². The average molecular weight is 374 g/mol. The third-order valence-electron chi connectivity index (χ3n) is 4.79. The maximum atomic E-state index is 13.5. The number of ether oxygens (including phenoxy) is 2. The molecule has 0 radical (unpaired) electrons. The summed E-state index contributed by atoms with van der Waals surface area (Å²) < 4.78 is 24.3. The van der Waals surface area contributed by atoms with Crippen molar-refractivity contribution in [2.75, 3.05) is 51.3 Å². The normalized spacial score (nSPS) is 16.3. The van der Waals surface area contributed by atoms with Crippen LogP contribution in [0.3, 0.4) is 0 Å². The summed E-state index contributed by atoms with van der Waals surface area (Å²) in [4.78, 5) is 4.55. The fraction of sp³-hybridized carbons (Fsp3) is 0.429. The molecule has 1 aliphatic heterocycles. The van der Waals surface area contributed by atoms with Crippen LogP contribution in [0.25, 0.3) is 0 Å². The molecule has 146 valence electrons. The van der Waals surface area contributed by atoms with Crippen LogP contribution in [0, 0.1) is 5.82 Å². The van der Waals surface area contributed by atoms with E-state index in [1.807, 2.05) is 18.2 Å². The maximum absolute atomic E-state index is 13.5. The Labute approximate surface area is 159 Å². The number of β-amino-alcohol motifs (C(OH)–C–C–N with tert-alkyl or cyclic N) is 1. The lowest BCUT2D eigenvalue weighted by molar-refractivity contribution is 0.00839. The summed E-state index contributed by atoms with van der Waals surface area (Å²) in [5.41, 5.74) is 1.67. The predicted molar refractivity (Wildman–Crippen MR) is 104 cm³/mol. The molecule has 2 aromatic carbocycles. The average Bonchev–Trinajstić information content (AvgIpc) is 2.70. The number of aliphatic hydroxyl groups is 1. The summed E-state index contributed by atoms with van der Waals surface area (Å²) in [7, 11) is 1.67. The quantitative estimate of drug-likeness (QED) is 0.769. The molecule has 0 saturated carbocycles. The van der Waals surface area contributed by atoms with E-state index >= 15 is 0 Å². The maximum Gasteiger partial charge on any atom is 0.128 e. The molecule has 1 atom stereocenters. The first-order chi connectivity index (χ1) is 13.2. The molecule has 2 aromatic rings. The van der Waals surface area contributed by atoms with Gasteiger partial charge < -0.3 is 19.5 Å². The van der Waals surface area contributed by atoms with E-state index in [2.05, 4.69) is 15.9 Å². The van der Waals surface area contributed by atoms with E-state index < -0.39 is 6.10 Å². The lowest BCUT2D eigenvalue weighted by Gasteiger charge is -2.37. The molecule has 5 nitrogen and oxygen atoms in total. The summed E-state index contributed by atoms with van der Waals surface area (Å²) >= 11 is 0. The Kier molecular flexibility index (Phi) is 7.04. The highest BCUT2D eigenvalue weighted by Gasteiger charge is 2.20. The fourth-order valence-corrected chi connectivity index (χ4v) is 3.27. The molecule has 6 heteroatoms. The zero-order valence-electron chi connectivity index (χ0n) is 15.7. The Hall–Kier alpha value is -2.15. The number of nitrogens with zero attached hydrogens (tertiary/aromatic N) is 2. The van der Waals surface area contributed by atoms with Gasteiger partial charge in [-0.25, -0.2) is 4.39 Å². The highest BCUT2D eigenvalue weighted by Crippen LogP contribution is 2.22. The second-order valence-corrected chi connectivity index (χ2v) is 6.75. The Morgan fingerprint density at radius 3 is 2.59 bits per heavy atom. The highest BCUT2D eigenvalue weighted by atomic mass is 19.1. The van der Waals surface area contributed by atoms with Crippen LogP contribution in [0.4, 0.5) is 10.1 Å². The number of aliphatic hydroxyl groups excluding tert-OH is 1. The van der Waals surface area contributed by atoms with Gasteiger partial charge in [-0.2, -0.15) is 0 Å². The third-order valence-corrected chi connectivity index (χ3v) is 4.79. The zero-order chi connectivity index (χ0) is 19.1. The van der Waals surface area contributed by atoms with Crippen molar-refractivity contribution in [3.8, 4) is 5.75 Å². The van der Waals surface area contributed by atoms with Crippen LogP contribution in [0.15, 0.2) is 48.5 Å². The van der Waals surface area contributed by atoms with E-state index in [-0.39, 0.29) is 19.0 Å². The van der Waals surface area contributed by atoms with Crippen molar-refractivity contribution in [1.82, 2.24) is 4.90 Å². The lowest BCUT2D eigenvalue weighted by Crippen LogP contribution is -2.49. The summed E-state index contributed by atoms with van der Waals surface area (Å²) in [5.74, 6) is 0.581. The number of hydrogen-bond donors (Lipinski definition) is 1. The first-order valence-electron chi connectivity index (χ1n) is 9.26. The molecule has 1 unspecified atom stereocenters. The minimum absolute atomic E-state index is 0.174. The zero-order valence-corrected chi connectivity index (χ0v) is 15.7. The first-order valence-corrected chi connectivity index (χ1v) is 9.26. The summed E-state index contributed by atoms with van der Waals surface area (Å²) in [6.07, 6.45) is -0.583. The molecule has 0 amide bonds. The minimum Gasteiger partial charge on any atom is -0.497 e. The number of rotatable bonds is 8. The van der Waals surface area contributed by atoms with Gasteiger partial charge in [0.15, 0.2) is 0 Å². The Bertz CT molecular complexity index is 720. The molecule has 1 fully saturated rings. The fourth-order valence-electron chi connectivity index (χ4n) is 3.27. The van der Waals surface area contributed by atoms with Crippen molar-refractivity contribution in [3.05, 3.63) is 59.9 Å². The van der Waals surface area contributed by atoms with Crippen molar-refractivity contribution in [3.63, 3.8) is 0 Å². The minimum atomic E-state index is -0.583. The van der Waals surface area contributed by atoms with E-state index in [1.54, 1.807) is 25.3 Å². The molecule has 0 aromatic heterocycles. The summed E-state index contributed by atoms with van der Waals surface area (Å²) in [5, 5.41) is 10.2. The van der Waals surface area contributed by atoms with Crippen molar-refractivity contribution < 1.29 is 19.0 Å². The van der Waals surface area contributed by atoms with Crippen LogP contribution in [0.5, 0.6) is 5.75 Å². The van der Waals surface area contributed by atoms with Gasteiger partial charge >= 0.3 is 0 Å². The SMILES string of the molecule is COc1cccc(N2CCN(CC(O)COCc3ccccc3F)CC2)c1. The van der Waals surface area contributed by atoms with Gasteiger partial charge in [-0.3, -0.25) is 4.90 Å². The molecule has 3 rings (SSSR count). The number of halogens is 1. The molecule has 27 heavy (non-hydrogen) atoms. The van der Waals surface area contributed by atoms with Gasteiger partial charge in [0.05, 0.1) is 26.4 Å². The van der Waals surface area contributed by atoms with Crippen LogP contribution >= 0.6 is 0 Å². The van der Waals surface area contributed by atoms with Gasteiger partial charge in [0.1, 0.15) is 11.6 Å². The standard InChI is InChI=1S/C21H27FN2O3/c1-26-20-7-4-6-18(13-20)24-11-9-23(10-12-24)14-19(25)16-27-15-17-5-2-3-8-21(17)22/h2-8,13,19,25H,9-12,14-16H2,1H3. The van der Waals surface area contributed by atoms with E-state index in [0.29, 0.717) is 12.1 Å². The van der Waals surface area contributed by atoms with Crippen LogP contribution in [-0.2, 0) is 11.3 Å². The molecule has 0 spiro atoms. The van der Waals surface area contributed by atoms with Gasteiger partial charge in [-0.05, 0) is 18.2 Å². The Morgan fingerprint density at radius 1 is 1.07 bits per heavy atom. The molecular formula is C21H27FN2O3. The lowest BCUT2D eigenvalue weighted by atomic mass is 10.2. The van der Waals surface area contributed by atoms with Gasteiger partial charge in [0.25, 0.3) is 0 Å². The van der Waals surface area contributed by atoms with E-state index in [4.69, 9.17) is 9.47 Å². The van der Waals surface area contributed by atoms with Gasteiger partial charge in [-0.1, -0.05) is 24.3 Å². The predicted octanol–water partition coefficient (Wildman–Crippen LogP) is 2.53. The van der Waals surface area contributed by atoms with Crippen LogP contribution < -0.4 is 9.64 Å². The Morgan fingerprint density at radius 2 is 1.85 bits per heavy atom. The Balaban J connectivity index is 1.39. The second kappa shape index (κ2) is 9.69. The number of hydrogen-bond acceptors (Lipinski definition) is 5. The largest absolute Gasteiger partial charge is 0.497 e. The van der Waals surface area contributed by atoms with Crippen molar-refractivity contribution in [2.45, 2.75) is 12.7 Å². The number of piperazine rings is 1. The first kappa shape index (κ1) is 19.6. The molecule has 1 aliphatic rings. The van der Waals surface area contributed by atoms with E-state index in [0.717, 1.165) is 37.6 Å². The smallest absolute Gasteiger partial charge is 0.128 e. The molecule has 1 heterocycles. The topological polar surface area (TPSA) is 45.2 Å². The number of benzene rings is 2. The van der Waals surface area contributed by atoms with Crippen LogP contribution in [-0.4, -0.2) is 62.6 Å². The van der Waals surface area contributed by atoms with E-state index in [1.165, 1.54) is 6.07 Å². The van der Waals surface area contributed by atoms with Crippen LogP contribution in [0.1, 0.15) is 5.56 Å². The molecule has 0 aliphatic carbocycles. The molecule has 1 saturated heterocycles. The van der Waals surface area contributed by atoms with Crippen molar-refractivity contribution >= 4 is 5.69 Å². The van der Waals surface area contributed by atoms with Gasteiger partial charge in [0, 0.05) is 50.0 Å². The van der Waals surface area contributed by atoms with Crippen molar-refractivity contribution in [1.29, 1.82) is 0 Å². The number of methoxy groups -OCH3 is 1.